The number of hydrogen-bond acceptors (Lipinski definition) is 5. The number of nitrogens with zero attached hydrogens (tertiary/aromatic N) is 4. The molecule has 1 aromatic rings. The van der Waals surface area contributed by atoms with E-state index in [0.717, 1.165) is 32.5 Å². The molecule has 6 heteroatoms. The lowest BCUT2D eigenvalue weighted by atomic mass is 10.2. The van der Waals surface area contributed by atoms with E-state index in [0.29, 0.717) is 11.6 Å². The summed E-state index contributed by atoms with van der Waals surface area (Å²) in [5, 5.41) is 0. The van der Waals surface area contributed by atoms with Crippen LogP contribution in [0.1, 0.15) is 36.2 Å². The Bertz CT molecular complexity index is 527. The van der Waals surface area contributed by atoms with Crippen LogP contribution in [0.25, 0.3) is 0 Å². The third-order valence-electron chi connectivity index (χ3n) is 3.88. The van der Waals surface area contributed by atoms with E-state index in [1.807, 2.05) is 6.08 Å². The molecule has 1 unspecified atom stereocenters. The molecule has 1 amide bonds. The van der Waals surface area contributed by atoms with E-state index in [1.165, 1.54) is 23.9 Å². The highest BCUT2D eigenvalue weighted by Crippen LogP contribution is 2.15. The topological polar surface area (TPSA) is 58.6 Å². The van der Waals surface area contributed by atoms with E-state index >= 15 is 0 Å². The highest BCUT2D eigenvalue weighted by atomic mass is 16.5. The summed E-state index contributed by atoms with van der Waals surface area (Å²) in [6.07, 6.45) is 9.24. The van der Waals surface area contributed by atoms with Crippen LogP contribution in [-0.4, -0.2) is 65.5 Å². The Morgan fingerprint density at radius 3 is 2.83 bits per heavy atom. The van der Waals surface area contributed by atoms with E-state index in [9.17, 15) is 4.79 Å². The molecule has 1 aromatic heterocycles. The zero-order valence-electron chi connectivity index (χ0n) is 14.1. The van der Waals surface area contributed by atoms with Crippen LogP contribution in [0.4, 0.5) is 0 Å². The summed E-state index contributed by atoms with van der Waals surface area (Å²) in [7, 11) is 3.38. The minimum absolute atomic E-state index is 0.0325. The smallest absolute Gasteiger partial charge is 0.273 e. The molecule has 1 atom stereocenters. The number of hydrogen-bond donors (Lipinski definition) is 0. The summed E-state index contributed by atoms with van der Waals surface area (Å²) in [4.78, 5) is 24.3. The van der Waals surface area contributed by atoms with Gasteiger partial charge in [-0.3, -0.25) is 14.7 Å². The summed E-state index contributed by atoms with van der Waals surface area (Å²) in [6.45, 7) is 6.90. The molecule has 0 bridgehead atoms. The zero-order valence-corrected chi connectivity index (χ0v) is 14.1. The molecule has 2 heterocycles. The molecule has 0 radical (unpaired) electrons. The number of amides is 1. The SMILES string of the molecule is C=CCCC(CN1CCCC1)Oc1cncc(C(=O)N(C)C)n1. The van der Waals surface area contributed by atoms with Gasteiger partial charge in [0, 0.05) is 20.6 Å². The van der Waals surface area contributed by atoms with Crippen molar-refractivity contribution in [1.29, 1.82) is 0 Å². The zero-order chi connectivity index (χ0) is 16.7. The van der Waals surface area contributed by atoms with Gasteiger partial charge in [0.25, 0.3) is 5.91 Å². The molecule has 1 aliphatic rings. The van der Waals surface area contributed by atoms with Gasteiger partial charge in [-0.1, -0.05) is 6.08 Å². The molecule has 2 rings (SSSR count). The van der Waals surface area contributed by atoms with Crippen molar-refractivity contribution in [3.05, 3.63) is 30.7 Å². The van der Waals surface area contributed by atoms with E-state index in [2.05, 4.69) is 21.4 Å². The molecule has 126 valence electrons. The second-order valence-corrected chi connectivity index (χ2v) is 6.06. The van der Waals surface area contributed by atoms with Gasteiger partial charge in [0.2, 0.25) is 5.88 Å². The van der Waals surface area contributed by atoms with Gasteiger partial charge in [0.1, 0.15) is 6.10 Å². The molecular weight excluding hydrogens is 292 g/mol. The van der Waals surface area contributed by atoms with Gasteiger partial charge >= 0.3 is 0 Å². The van der Waals surface area contributed by atoms with Gasteiger partial charge < -0.3 is 9.64 Å². The van der Waals surface area contributed by atoms with E-state index < -0.39 is 0 Å². The van der Waals surface area contributed by atoms with Crippen molar-refractivity contribution in [2.75, 3.05) is 33.7 Å². The number of likely N-dealkylation sites (tertiary alicyclic amines) is 1. The lowest BCUT2D eigenvalue weighted by molar-refractivity contribution is 0.0817. The third-order valence-corrected chi connectivity index (χ3v) is 3.88. The largest absolute Gasteiger partial charge is 0.472 e. The molecule has 1 fully saturated rings. The second kappa shape index (κ2) is 8.62. The van der Waals surface area contributed by atoms with Gasteiger partial charge in [-0.05, 0) is 38.8 Å². The molecule has 6 nitrogen and oxygen atoms in total. The first-order valence-corrected chi connectivity index (χ1v) is 8.13. The quantitative estimate of drug-likeness (QED) is 0.686. The molecule has 0 saturated carbocycles. The van der Waals surface area contributed by atoms with Gasteiger partial charge in [-0.25, -0.2) is 4.98 Å². The number of carbonyl (C=O) groups is 1. The normalized spacial score (nSPS) is 16.1. The van der Waals surface area contributed by atoms with Crippen LogP contribution >= 0.6 is 0 Å². The van der Waals surface area contributed by atoms with Crippen LogP contribution in [0.15, 0.2) is 25.0 Å². The molecule has 0 aliphatic carbocycles. The maximum absolute atomic E-state index is 12.0. The summed E-state index contributed by atoms with van der Waals surface area (Å²) in [6, 6.07) is 0. The average Bonchev–Trinajstić information content (AvgIpc) is 3.05. The predicted octanol–water partition coefficient (Wildman–Crippen LogP) is 1.99. The van der Waals surface area contributed by atoms with E-state index in [4.69, 9.17) is 4.74 Å². The van der Waals surface area contributed by atoms with Crippen LogP contribution < -0.4 is 4.74 Å². The molecule has 0 aromatic carbocycles. The summed E-state index contributed by atoms with van der Waals surface area (Å²) in [5.41, 5.74) is 0.302. The van der Waals surface area contributed by atoms with E-state index in [-0.39, 0.29) is 12.0 Å². The number of rotatable bonds is 8. The minimum atomic E-state index is -0.176. The average molecular weight is 318 g/mol. The summed E-state index contributed by atoms with van der Waals surface area (Å²) >= 11 is 0. The molecule has 0 N–H and O–H groups in total. The Hall–Kier alpha value is -1.95. The summed E-state index contributed by atoms with van der Waals surface area (Å²) < 4.78 is 6.02. The molecular formula is C17H26N4O2. The van der Waals surface area contributed by atoms with Crippen molar-refractivity contribution < 1.29 is 9.53 Å². The van der Waals surface area contributed by atoms with Crippen molar-refractivity contribution in [3.8, 4) is 5.88 Å². The Labute approximate surface area is 138 Å². The van der Waals surface area contributed by atoms with Gasteiger partial charge in [0.05, 0.1) is 12.4 Å². The van der Waals surface area contributed by atoms with Gasteiger partial charge in [-0.2, -0.15) is 0 Å². The fraction of sp³-hybridized carbons (Fsp3) is 0.588. The number of aromatic nitrogens is 2. The van der Waals surface area contributed by atoms with Crippen LogP contribution in [-0.2, 0) is 0 Å². The monoisotopic (exact) mass is 318 g/mol. The maximum Gasteiger partial charge on any atom is 0.273 e. The second-order valence-electron chi connectivity index (χ2n) is 6.06. The van der Waals surface area contributed by atoms with Crippen LogP contribution in [0, 0.1) is 0 Å². The molecule has 23 heavy (non-hydrogen) atoms. The van der Waals surface area contributed by atoms with Crippen LogP contribution in [0.2, 0.25) is 0 Å². The van der Waals surface area contributed by atoms with Crippen molar-refractivity contribution in [1.82, 2.24) is 19.8 Å². The Morgan fingerprint density at radius 1 is 1.43 bits per heavy atom. The Morgan fingerprint density at radius 2 is 2.17 bits per heavy atom. The highest BCUT2D eigenvalue weighted by Gasteiger charge is 2.20. The third kappa shape index (κ3) is 5.32. The standard InChI is InChI=1S/C17H26N4O2/c1-4-5-8-14(13-21-9-6-7-10-21)23-16-12-18-11-15(19-16)17(22)20(2)3/h4,11-12,14H,1,5-10,13H2,2-3H3. The maximum atomic E-state index is 12.0. The van der Waals surface area contributed by atoms with E-state index in [1.54, 1.807) is 20.3 Å². The van der Waals surface area contributed by atoms with Gasteiger partial charge in [-0.15, -0.1) is 6.58 Å². The fourth-order valence-corrected chi connectivity index (χ4v) is 2.65. The van der Waals surface area contributed by atoms with Gasteiger partial charge in [0.15, 0.2) is 5.69 Å². The first kappa shape index (κ1) is 17.4. The lowest BCUT2D eigenvalue weighted by Gasteiger charge is -2.23. The van der Waals surface area contributed by atoms with Crippen molar-refractivity contribution in [2.45, 2.75) is 31.8 Å². The summed E-state index contributed by atoms with van der Waals surface area (Å²) in [5.74, 6) is 0.232. The molecule has 1 saturated heterocycles. The number of carbonyl (C=O) groups excluding carboxylic acids is 1. The predicted molar refractivity (Wildman–Crippen MR) is 89.6 cm³/mol. The lowest BCUT2D eigenvalue weighted by Crippen LogP contribution is -2.34. The minimum Gasteiger partial charge on any atom is -0.472 e. The van der Waals surface area contributed by atoms with Crippen molar-refractivity contribution >= 4 is 5.91 Å². The highest BCUT2D eigenvalue weighted by molar-refractivity contribution is 5.91. The Balaban J connectivity index is 2.03. The van der Waals surface area contributed by atoms with Crippen molar-refractivity contribution in [3.63, 3.8) is 0 Å². The number of allylic oxidation sites excluding steroid dienone is 1. The van der Waals surface area contributed by atoms with Crippen LogP contribution in [0.5, 0.6) is 5.88 Å². The molecule has 1 aliphatic heterocycles. The van der Waals surface area contributed by atoms with Crippen molar-refractivity contribution in [2.24, 2.45) is 0 Å². The Kier molecular flexibility index (Phi) is 6.52. The van der Waals surface area contributed by atoms with Crippen LogP contribution in [0.3, 0.4) is 0 Å². The fourth-order valence-electron chi connectivity index (χ4n) is 2.65. The number of ether oxygens (including phenoxy) is 1. The first-order valence-electron chi connectivity index (χ1n) is 8.13. The molecule has 0 spiro atoms. The first-order chi connectivity index (χ1) is 11.1.